The lowest BCUT2D eigenvalue weighted by Crippen LogP contribution is -2.23. The van der Waals surface area contributed by atoms with Crippen LogP contribution in [0.2, 0.25) is 5.02 Å². The Morgan fingerprint density at radius 2 is 2.20 bits per heavy atom. The van der Waals surface area contributed by atoms with E-state index >= 15 is 0 Å². The molecule has 1 aromatic carbocycles. The number of amides is 1. The number of hydrogen-bond donors (Lipinski definition) is 2. The highest BCUT2D eigenvalue weighted by atomic mass is 35.5. The number of hydrogen-bond acceptors (Lipinski definition) is 2. The maximum Gasteiger partial charge on any atom is 0.306 e. The first-order valence-corrected chi connectivity index (χ1v) is 6.81. The van der Waals surface area contributed by atoms with Crippen molar-refractivity contribution >= 4 is 29.6 Å². The van der Waals surface area contributed by atoms with Gasteiger partial charge in [-0.15, -0.1) is 0 Å². The van der Waals surface area contributed by atoms with E-state index in [2.05, 4.69) is 5.32 Å². The van der Waals surface area contributed by atoms with E-state index in [1.54, 1.807) is 25.1 Å². The number of nitrogens with one attached hydrogen (secondary N) is 1. The van der Waals surface area contributed by atoms with Crippen LogP contribution >= 0.6 is 11.6 Å². The molecule has 4 nitrogen and oxygen atoms in total. The maximum absolute atomic E-state index is 11.5. The van der Waals surface area contributed by atoms with Crippen LogP contribution in [0.1, 0.15) is 25.3 Å². The molecule has 1 unspecified atom stereocenters. The van der Waals surface area contributed by atoms with Crippen LogP contribution in [0, 0.1) is 5.92 Å². The summed E-state index contributed by atoms with van der Waals surface area (Å²) in [5.74, 6) is -1.39. The molecule has 108 valence electrons. The maximum atomic E-state index is 11.5. The fourth-order valence-electron chi connectivity index (χ4n) is 1.58. The Kier molecular flexibility index (Phi) is 6.81. The lowest BCUT2D eigenvalue weighted by molar-refractivity contribution is -0.141. The van der Waals surface area contributed by atoms with Crippen molar-refractivity contribution in [3.05, 3.63) is 40.9 Å². The minimum absolute atomic E-state index is 0.201. The van der Waals surface area contributed by atoms with Crippen LogP contribution in [-0.4, -0.2) is 23.5 Å². The third-order valence-electron chi connectivity index (χ3n) is 2.81. The Labute approximate surface area is 123 Å². The fourth-order valence-corrected chi connectivity index (χ4v) is 1.78. The van der Waals surface area contributed by atoms with Crippen molar-refractivity contribution in [3.8, 4) is 0 Å². The fraction of sp³-hybridized carbons (Fsp3) is 0.333. The Hall–Kier alpha value is -1.81. The number of carbonyl (C=O) groups excluding carboxylic acids is 1. The zero-order valence-electron chi connectivity index (χ0n) is 11.3. The second kappa shape index (κ2) is 8.38. The number of carboxylic acids is 1. The average Bonchev–Trinajstić information content (AvgIpc) is 2.41. The normalized spacial score (nSPS) is 12.3. The molecule has 1 rings (SSSR count). The predicted molar refractivity (Wildman–Crippen MR) is 79.5 cm³/mol. The summed E-state index contributed by atoms with van der Waals surface area (Å²) >= 11 is 5.84. The van der Waals surface area contributed by atoms with Gasteiger partial charge in [-0.2, -0.15) is 0 Å². The Morgan fingerprint density at radius 3 is 2.85 bits per heavy atom. The third-order valence-corrected chi connectivity index (χ3v) is 3.05. The summed E-state index contributed by atoms with van der Waals surface area (Å²) in [6, 6.07) is 7.19. The molecule has 2 N–H and O–H groups in total. The van der Waals surface area contributed by atoms with E-state index in [1.807, 2.05) is 12.1 Å². The van der Waals surface area contributed by atoms with Crippen molar-refractivity contribution in [2.24, 2.45) is 5.92 Å². The third kappa shape index (κ3) is 6.38. The Balaban J connectivity index is 2.28. The van der Waals surface area contributed by atoms with E-state index in [4.69, 9.17) is 16.7 Å². The first-order valence-electron chi connectivity index (χ1n) is 6.43. The molecule has 0 bridgehead atoms. The smallest absolute Gasteiger partial charge is 0.306 e. The van der Waals surface area contributed by atoms with Gasteiger partial charge in [-0.1, -0.05) is 30.7 Å². The van der Waals surface area contributed by atoms with Crippen LogP contribution in [0.15, 0.2) is 30.3 Å². The molecule has 0 aliphatic rings. The molecule has 0 spiro atoms. The van der Waals surface area contributed by atoms with Crippen molar-refractivity contribution in [3.63, 3.8) is 0 Å². The van der Waals surface area contributed by atoms with E-state index in [1.165, 1.54) is 6.08 Å². The van der Waals surface area contributed by atoms with Crippen LogP contribution in [0.3, 0.4) is 0 Å². The molecule has 0 fully saturated rings. The monoisotopic (exact) mass is 295 g/mol. The molecule has 1 aromatic rings. The van der Waals surface area contributed by atoms with Crippen molar-refractivity contribution < 1.29 is 14.7 Å². The quantitative estimate of drug-likeness (QED) is 0.600. The molecule has 5 heteroatoms. The highest BCUT2D eigenvalue weighted by molar-refractivity contribution is 6.30. The number of halogens is 1. The summed E-state index contributed by atoms with van der Waals surface area (Å²) in [4.78, 5) is 22.1. The lowest BCUT2D eigenvalue weighted by Gasteiger charge is -2.05. The molecule has 0 aliphatic carbocycles. The van der Waals surface area contributed by atoms with Crippen LogP contribution in [0.4, 0.5) is 0 Å². The van der Waals surface area contributed by atoms with Gasteiger partial charge in [-0.3, -0.25) is 9.59 Å². The van der Waals surface area contributed by atoms with Gasteiger partial charge in [0.2, 0.25) is 5.91 Å². The Morgan fingerprint density at radius 1 is 1.45 bits per heavy atom. The van der Waals surface area contributed by atoms with Gasteiger partial charge < -0.3 is 10.4 Å². The zero-order chi connectivity index (χ0) is 15.0. The molecule has 0 aliphatic heterocycles. The summed E-state index contributed by atoms with van der Waals surface area (Å²) in [6.45, 7) is 2.12. The number of rotatable bonds is 7. The van der Waals surface area contributed by atoms with E-state index in [9.17, 15) is 9.59 Å². The first-order chi connectivity index (χ1) is 9.49. The number of carboxylic acid groups (broad SMARTS) is 1. The lowest BCUT2D eigenvalue weighted by atomic mass is 10.1. The number of benzene rings is 1. The summed E-state index contributed by atoms with van der Waals surface area (Å²) in [5, 5.41) is 12.0. The van der Waals surface area contributed by atoms with Crippen molar-refractivity contribution in [1.82, 2.24) is 5.32 Å². The van der Waals surface area contributed by atoms with Crippen LogP contribution < -0.4 is 5.32 Å². The SMILES string of the molecule is CC(CCCNC(=O)/C=C/c1cccc(Cl)c1)C(=O)O. The van der Waals surface area contributed by atoms with Crippen molar-refractivity contribution in [2.45, 2.75) is 19.8 Å². The minimum Gasteiger partial charge on any atom is -0.481 e. The number of aliphatic carboxylic acids is 1. The minimum atomic E-state index is -0.808. The van der Waals surface area contributed by atoms with Crippen LogP contribution in [0.5, 0.6) is 0 Å². The van der Waals surface area contributed by atoms with Gasteiger partial charge in [0.05, 0.1) is 5.92 Å². The molecule has 1 amide bonds. The van der Waals surface area contributed by atoms with Crippen molar-refractivity contribution in [1.29, 1.82) is 0 Å². The second-order valence-electron chi connectivity index (χ2n) is 4.56. The summed E-state index contributed by atoms with van der Waals surface area (Å²) < 4.78 is 0. The molecular weight excluding hydrogens is 278 g/mol. The summed E-state index contributed by atoms with van der Waals surface area (Å²) in [6.07, 6.45) is 4.31. The molecular formula is C15H18ClNO3. The van der Waals surface area contributed by atoms with E-state index in [-0.39, 0.29) is 11.8 Å². The molecule has 0 radical (unpaired) electrons. The van der Waals surface area contributed by atoms with Crippen LogP contribution in [0.25, 0.3) is 6.08 Å². The first kappa shape index (κ1) is 16.2. The van der Waals surface area contributed by atoms with Gasteiger partial charge in [-0.25, -0.2) is 0 Å². The van der Waals surface area contributed by atoms with Gasteiger partial charge in [0.25, 0.3) is 0 Å². The summed E-state index contributed by atoms with van der Waals surface area (Å²) in [5.41, 5.74) is 0.854. The van der Waals surface area contributed by atoms with E-state index < -0.39 is 5.97 Å². The van der Waals surface area contributed by atoms with Gasteiger partial charge in [-0.05, 0) is 36.6 Å². The predicted octanol–water partition coefficient (Wildman–Crippen LogP) is 2.97. The van der Waals surface area contributed by atoms with Gasteiger partial charge in [0.15, 0.2) is 0 Å². The molecule has 0 saturated heterocycles. The molecule has 0 heterocycles. The molecule has 0 aromatic heterocycles. The van der Waals surface area contributed by atoms with E-state index in [0.717, 1.165) is 5.56 Å². The largest absolute Gasteiger partial charge is 0.481 e. The summed E-state index contributed by atoms with van der Waals surface area (Å²) in [7, 11) is 0. The average molecular weight is 296 g/mol. The van der Waals surface area contributed by atoms with Gasteiger partial charge in [0, 0.05) is 17.6 Å². The van der Waals surface area contributed by atoms with Crippen LogP contribution in [-0.2, 0) is 9.59 Å². The Bertz CT molecular complexity index is 500. The highest BCUT2D eigenvalue weighted by Crippen LogP contribution is 2.11. The number of carbonyl (C=O) groups is 2. The zero-order valence-corrected chi connectivity index (χ0v) is 12.1. The van der Waals surface area contributed by atoms with Gasteiger partial charge in [0.1, 0.15) is 0 Å². The second-order valence-corrected chi connectivity index (χ2v) is 5.00. The standard InChI is InChI=1S/C15H18ClNO3/c1-11(15(19)20)4-3-9-17-14(18)8-7-12-5-2-6-13(16)10-12/h2,5-8,10-11H,3-4,9H2,1H3,(H,17,18)(H,19,20)/b8-7+. The highest BCUT2D eigenvalue weighted by Gasteiger charge is 2.09. The molecule has 1 atom stereocenters. The van der Waals surface area contributed by atoms with Gasteiger partial charge >= 0.3 is 5.97 Å². The topological polar surface area (TPSA) is 66.4 Å². The molecule has 0 saturated carbocycles. The van der Waals surface area contributed by atoms with Crippen molar-refractivity contribution in [2.75, 3.05) is 6.54 Å². The molecule has 20 heavy (non-hydrogen) atoms. The van der Waals surface area contributed by atoms with E-state index in [0.29, 0.717) is 24.4 Å².